The second kappa shape index (κ2) is 8.52. The molecule has 3 aromatic carbocycles. The van der Waals surface area contributed by atoms with Crippen LogP contribution < -0.4 is 0 Å². The Morgan fingerprint density at radius 2 is 1.42 bits per heavy atom. The molecule has 0 atom stereocenters. The molecule has 0 aliphatic carbocycles. The molecule has 4 nitrogen and oxygen atoms in total. The van der Waals surface area contributed by atoms with Crippen LogP contribution >= 0.6 is 23.2 Å². The van der Waals surface area contributed by atoms with Crippen LogP contribution in [0.15, 0.2) is 77.7 Å². The predicted molar refractivity (Wildman–Crippen MR) is 123 cm³/mol. The Morgan fingerprint density at radius 1 is 0.848 bits per heavy atom. The molecule has 0 saturated carbocycles. The van der Waals surface area contributed by atoms with Gasteiger partial charge < -0.3 is 0 Å². The van der Waals surface area contributed by atoms with Crippen LogP contribution in [0.5, 0.6) is 0 Å². The van der Waals surface area contributed by atoms with Crippen LogP contribution in [0.4, 0.5) is 13.2 Å². The number of sulfone groups is 1. The summed E-state index contributed by atoms with van der Waals surface area (Å²) in [6.45, 7) is 0. The predicted octanol–water partition coefficient (Wildman–Crippen LogP) is 6.94. The lowest BCUT2D eigenvalue weighted by molar-refractivity contribution is -0.140. The van der Waals surface area contributed by atoms with Gasteiger partial charge in [-0.15, -0.1) is 0 Å². The molecule has 1 aromatic heterocycles. The third-order valence-electron chi connectivity index (χ3n) is 4.93. The van der Waals surface area contributed by atoms with E-state index >= 15 is 0 Å². The first kappa shape index (κ1) is 23.4. The maximum atomic E-state index is 14.2. The molecule has 0 aliphatic heterocycles. The Labute approximate surface area is 198 Å². The summed E-state index contributed by atoms with van der Waals surface area (Å²) in [6.07, 6.45) is -3.75. The minimum Gasteiger partial charge on any atom is -0.230 e. The molecule has 0 spiro atoms. The van der Waals surface area contributed by atoms with Crippen molar-refractivity contribution in [2.75, 3.05) is 6.26 Å². The summed E-state index contributed by atoms with van der Waals surface area (Å²) in [5.74, 6) is 0. The summed E-state index contributed by atoms with van der Waals surface area (Å²) in [7, 11) is -3.50. The van der Waals surface area contributed by atoms with Gasteiger partial charge >= 0.3 is 6.18 Å². The van der Waals surface area contributed by atoms with E-state index in [1.54, 1.807) is 30.3 Å². The van der Waals surface area contributed by atoms with Crippen LogP contribution in [0, 0.1) is 0 Å². The van der Waals surface area contributed by atoms with E-state index in [-0.39, 0.29) is 37.4 Å². The van der Waals surface area contributed by atoms with E-state index in [0.29, 0.717) is 5.56 Å². The van der Waals surface area contributed by atoms with Crippen molar-refractivity contribution in [2.24, 2.45) is 0 Å². The zero-order chi connectivity index (χ0) is 24.0. The highest BCUT2D eigenvalue weighted by molar-refractivity contribution is 7.90. The number of aromatic nitrogens is 2. The van der Waals surface area contributed by atoms with Crippen LogP contribution in [0.2, 0.25) is 10.0 Å². The van der Waals surface area contributed by atoms with Crippen molar-refractivity contribution in [3.8, 4) is 28.1 Å². The van der Waals surface area contributed by atoms with Crippen LogP contribution in [0.25, 0.3) is 28.1 Å². The fourth-order valence-corrected chi connectivity index (χ4v) is 4.54. The topological polar surface area (TPSA) is 52.0 Å². The fraction of sp³-hybridized carbons (Fsp3) is 0.0870. The highest BCUT2D eigenvalue weighted by Gasteiger charge is 2.41. The van der Waals surface area contributed by atoms with Crippen molar-refractivity contribution < 1.29 is 21.6 Å². The van der Waals surface area contributed by atoms with E-state index < -0.39 is 21.7 Å². The van der Waals surface area contributed by atoms with Crippen molar-refractivity contribution in [2.45, 2.75) is 11.1 Å². The quantitative estimate of drug-likeness (QED) is 0.299. The highest BCUT2D eigenvalue weighted by atomic mass is 35.5. The van der Waals surface area contributed by atoms with Crippen LogP contribution in [-0.2, 0) is 16.0 Å². The summed E-state index contributed by atoms with van der Waals surface area (Å²) < 4.78 is 67.4. The van der Waals surface area contributed by atoms with E-state index in [4.69, 9.17) is 23.2 Å². The summed E-state index contributed by atoms with van der Waals surface area (Å²) in [4.78, 5) is 0.0328. The standard InChI is InChI=1S/C23H15Cl2F3N2O2S/c1-33(31,32)15-12-10-14(11-13-15)21-20(16-6-2-3-7-17(16)24)22(23(26,27)28)29-30(21)19-9-5-4-8-18(19)25/h2-13H,1H3. The molecule has 0 aliphatic rings. The van der Waals surface area contributed by atoms with Gasteiger partial charge in [0.25, 0.3) is 0 Å². The maximum absolute atomic E-state index is 14.2. The number of halogens is 5. The van der Waals surface area contributed by atoms with Gasteiger partial charge in [0.15, 0.2) is 15.5 Å². The minimum absolute atomic E-state index is 0.0328. The van der Waals surface area contributed by atoms with Crippen LogP contribution in [0.1, 0.15) is 5.69 Å². The monoisotopic (exact) mass is 510 g/mol. The molecule has 33 heavy (non-hydrogen) atoms. The molecule has 170 valence electrons. The normalized spacial score (nSPS) is 12.2. The Bertz CT molecular complexity index is 1450. The minimum atomic E-state index is -4.80. The summed E-state index contributed by atoms with van der Waals surface area (Å²) in [5, 5.41) is 4.20. The maximum Gasteiger partial charge on any atom is 0.435 e. The lowest BCUT2D eigenvalue weighted by atomic mass is 9.98. The summed E-state index contributed by atoms with van der Waals surface area (Å²) in [6, 6.07) is 18.0. The molecular formula is C23H15Cl2F3N2O2S. The molecule has 10 heteroatoms. The Balaban J connectivity index is 2.13. The lowest BCUT2D eigenvalue weighted by Gasteiger charge is -2.13. The molecule has 4 aromatic rings. The first-order valence-corrected chi connectivity index (χ1v) is 12.1. The smallest absolute Gasteiger partial charge is 0.230 e. The number of hydrogen-bond acceptors (Lipinski definition) is 3. The van der Waals surface area contributed by atoms with Crippen molar-refractivity contribution in [3.63, 3.8) is 0 Å². The van der Waals surface area contributed by atoms with Gasteiger partial charge in [0, 0.05) is 28.0 Å². The van der Waals surface area contributed by atoms with E-state index in [1.165, 1.54) is 42.5 Å². The molecule has 0 saturated heterocycles. The first-order chi connectivity index (χ1) is 15.5. The Morgan fingerprint density at radius 3 is 1.97 bits per heavy atom. The number of para-hydroxylation sites is 1. The molecule has 0 amide bonds. The third-order valence-corrected chi connectivity index (χ3v) is 6.71. The van der Waals surface area contributed by atoms with Crippen LogP contribution in [0.3, 0.4) is 0 Å². The SMILES string of the molecule is CS(=O)(=O)c1ccc(-c2c(-c3ccccc3Cl)c(C(F)(F)F)nn2-c2ccccc2Cl)cc1. The summed E-state index contributed by atoms with van der Waals surface area (Å²) >= 11 is 12.6. The summed E-state index contributed by atoms with van der Waals surface area (Å²) in [5.41, 5.74) is -0.640. The van der Waals surface area contributed by atoms with Gasteiger partial charge in [-0.05, 0) is 30.3 Å². The third kappa shape index (κ3) is 4.51. The van der Waals surface area contributed by atoms with E-state index in [1.807, 2.05) is 0 Å². The number of nitrogens with zero attached hydrogens (tertiary/aromatic N) is 2. The van der Waals surface area contributed by atoms with E-state index in [0.717, 1.165) is 10.9 Å². The van der Waals surface area contributed by atoms with Crippen molar-refractivity contribution >= 4 is 33.0 Å². The molecule has 0 radical (unpaired) electrons. The van der Waals surface area contributed by atoms with Gasteiger partial charge in [-0.3, -0.25) is 0 Å². The molecule has 0 bridgehead atoms. The zero-order valence-corrected chi connectivity index (χ0v) is 19.3. The van der Waals surface area contributed by atoms with Crippen molar-refractivity contribution in [1.29, 1.82) is 0 Å². The van der Waals surface area contributed by atoms with Gasteiger partial charge in [0.2, 0.25) is 0 Å². The Hall–Kier alpha value is -2.81. The van der Waals surface area contributed by atoms with E-state index in [9.17, 15) is 21.6 Å². The molecule has 0 unspecified atom stereocenters. The molecule has 0 N–H and O–H groups in total. The first-order valence-electron chi connectivity index (χ1n) is 9.49. The molecule has 1 heterocycles. The number of hydrogen-bond donors (Lipinski definition) is 0. The average Bonchev–Trinajstić information content (AvgIpc) is 3.14. The fourth-order valence-electron chi connectivity index (χ4n) is 3.46. The zero-order valence-electron chi connectivity index (χ0n) is 16.9. The largest absolute Gasteiger partial charge is 0.435 e. The van der Waals surface area contributed by atoms with Crippen molar-refractivity contribution in [3.05, 3.63) is 88.5 Å². The highest BCUT2D eigenvalue weighted by Crippen LogP contribution is 2.46. The number of benzene rings is 3. The van der Waals surface area contributed by atoms with Gasteiger partial charge in [-0.1, -0.05) is 65.7 Å². The second-order valence-electron chi connectivity index (χ2n) is 7.21. The number of alkyl halides is 3. The van der Waals surface area contributed by atoms with Gasteiger partial charge in [0.1, 0.15) is 0 Å². The molecular weight excluding hydrogens is 496 g/mol. The molecule has 4 rings (SSSR count). The second-order valence-corrected chi connectivity index (χ2v) is 10.0. The number of rotatable bonds is 4. The Kier molecular flexibility index (Phi) is 6.03. The van der Waals surface area contributed by atoms with Gasteiger partial charge in [-0.25, -0.2) is 13.1 Å². The van der Waals surface area contributed by atoms with Gasteiger partial charge in [-0.2, -0.15) is 18.3 Å². The lowest BCUT2D eigenvalue weighted by Crippen LogP contribution is -2.08. The van der Waals surface area contributed by atoms with Gasteiger partial charge in [0.05, 0.1) is 21.3 Å². The van der Waals surface area contributed by atoms with Crippen molar-refractivity contribution in [1.82, 2.24) is 9.78 Å². The van der Waals surface area contributed by atoms with Crippen LogP contribution in [-0.4, -0.2) is 24.5 Å². The van der Waals surface area contributed by atoms with E-state index in [2.05, 4.69) is 5.10 Å². The molecule has 0 fully saturated rings. The average molecular weight is 511 g/mol.